The summed E-state index contributed by atoms with van der Waals surface area (Å²) in [5, 5.41) is 0. The smallest absolute Gasteiger partial charge is 0.306 e. The lowest BCUT2D eigenvalue weighted by atomic mass is 10.0. The maximum atomic E-state index is 11.9. The summed E-state index contributed by atoms with van der Waals surface area (Å²) in [5.74, 6) is 0.373. The molecule has 0 aliphatic heterocycles. The molecule has 1 fully saturated rings. The van der Waals surface area contributed by atoms with E-state index in [1.54, 1.807) is 11.9 Å². The minimum Gasteiger partial charge on any atom is -0.306 e. The monoisotopic (exact) mass is 237 g/mol. The summed E-state index contributed by atoms with van der Waals surface area (Å²) in [6, 6.07) is 0. The molecular weight excluding hydrogens is 219 g/mol. The van der Waals surface area contributed by atoms with Gasteiger partial charge < -0.3 is 4.90 Å². The third-order valence-electron chi connectivity index (χ3n) is 3.07. The van der Waals surface area contributed by atoms with Gasteiger partial charge in [-0.15, -0.1) is 0 Å². The highest BCUT2D eigenvalue weighted by molar-refractivity contribution is 5.82. The third kappa shape index (κ3) is 4.96. The SMILES string of the molecule is CN(CCC1CCCC1=O)CCC(F)(F)F. The zero-order chi connectivity index (χ0) is 12.2. The van der Waals surface area contributed by atoms with Gasteiger partial charge in [0.05, 0.1) is 6.42 Å². The number of hydrogen-bond donors (Lipinski definition) is 0. The summed E-state index contributed by atoms with van der Waals surface area (Å²) in [5.41, 5.74) is 0. The van der Waals surface area contributed by atoms with Crippen molar-refractivity contribution in [2.75, 3.05) is 20.1 Å². The first-order valence-electron chi connectivity index (χ1n) is 5.66. The molecule has 1 aliphatic rings. The number of nitrogens with zero attached hydrogens (tertiary/aromatic N) is 1. The van der Waals surface area contributed by atoms with Crippen LogP contribution in [0.2, 0.25) is 0 Å². The first-order valence-corrected chi connectivity index (χ1v) is 5.66. The molecule has 5 heteroatoms. The van der Waals surface area contributed by atoms with Gasteiger partial charge in [-0.25, -0.2) is 0 Å². The van der Waals surface area contributed by atoms with Crippen LogP contribution in [0.4, 0.5) is 13.2 Å². The number of halogens is 3. The Morgan fingerprint density at radius 3 is 2.56 bits per heavy atom. The second-order valence-corrected chi connectivity index (χ2v) is 4.51. The standard InChI is InChI=1S/C11H18F3NO/c1-15(8-6-11(12,13)14)7-5-9-3-2-4-10(9)16/h9H,2-8H2,1H3. The molecule has 94 valence electrons. The Hall–Kier alpha value is -0.580. The molecule has 1 aliphatic carbocycles. The summed E-state index contributed by atoms with van der Waals surface area (Å²) >= 11 is 0. The van der Waals surface area contributed by atoms with Crippen LogP contribution in [0.1, 0.15) is 32.1 Å². The van der Waals surface area contributed by atoms with E-state index in [0.29, 0.717) is 19.4 Å². The number of ketones is 1. The Labute approximate surface area is 93.8 Å². The molecule has 0 amide bonds. The van der Waals surface area contributed by atoms with Gasteiger partial charge in [-0.1, -0.05) is 0 Å². The van der Waals surface area contributed by atoms with Crippen molar-refractivity contribution in [3.8, 4) is 0 Å². The van der Waals surface area contributed by atoms with Crippen molar-refractivity contribution in [2.45, 2.75) is 38.3 Å². The first-order chi connectivity index (χ1) is 7.38. The van der Waals surface area contributed by atoms with E-state index >= 15 is 0 Å². The largest absolute Gasteiger partial charge is 0.390 e. The molecule has 0 N–H and O–H groups in total. The quantitative estimate of drug-likeness (QED) is 0.732. The highest BCUT2D eigenvalue weighted by Gasteiger charge is 2.28. The van der Waals surface area contributed by atoms with Crippen molar-refractivity contribution in [1.82, 2.24) is 4.90 Å². The summed E-state index contributed by atoms with van der Waals surface area (Å²) in [6.45, 7) is 0.594. The number of Topliss-reactive ketones (excluding diaryl/α,β-unsaturated/α-hetero) is 1. The maximum absolute atomic E-state index is 11.9. The van der Waals surface area contributed by atoms with Gasteiger partial charge in [0, 0.05) is 18.9 Å². The van der Waals surface area contributed by atoms with E-state index in [1.807, 2.05) is 0 Å². The molecular formula is C11H18F3NO. The third-order valence-corrected chi connectivity index (χ3v) is 3.07. The molecule has 0 aromatic heterocycles. The molecule has 0 aromatic carbocycles. The highest BCUT2D eigenvalue weighted by Crippen LogP contribution is 2.24. The molecule has 2 nitrogen and oxygen atoms in total. The fourth-order valence-electron chi connectivity index (χ4n) is 2.00. The summed E-state index contributed by atoms with van der Waals surface area (Å²) < 4.78 is 35.8. The molecule has 16 heavy (non-hydrogen) atoms. The van der Waals surface area contributed by atoms with Crippen molar-refractivity contribution in [3.63, 3.8) is 0 Å². The normalized spacial score (nSPS) is 22.1. The minimum absolute atomic E-state index is 0.0183. The van der Waals surface area contributed by atoms with Gasteiger partial charge in [0.1, 0.15) is 5.78 Å². The lowest BCUT2D eigenvalue weighted by molar-refractivity contribution is -0.137. The topological polar surface area (TPSA) is 20.3 Å². The van der Waals surface area contributed by atoms with E-state index in [-0.39, 0.29) is 18.2 Å². The van der Waals surface area contributed by atoms with E-state index in [4.69, 9.17) is 0 Å². The zero-order valence-electron chi connectivity index (χ0n) is 9.52. The van der Waals surface area contributed by atoms with Gasteiger partial charge in [-0.05, 0) is 32.9 Å². The Kier molecular flexibility index (Phi) is 4.77. The van der Waals surface area contributed by atoms with E-state index in [1.165, 1.54) is 0 Å². The van der Waals surface area contributed by atoms with Crippen LogP contribution in [0.3, 0.4) is 0 Å². The predicted octanol–water partition coefficient (Wildman–Crippen LogP) is 2.63. The van der Waals surface area contributed by atoms with E-state index in [9.17, 15) is 18.0 Å². The van der Waals surface area contributed by atoms with Crippen LogP contribution in [-0.2, 0) is 4.79 Å². The minimum atomic E-state index is -4.09. The van der Waals surface area contributed by atoms with Gasteiger partial charge in [0.15, 0.2) is 0 Å². The van der Waals surface area contributed by atoms with Crippen molar-refractivity contribution >= 4 is 5.78 Å². The fourth-order valence-corrected chi connectivity index (χ4v) is 2.00. The van der Waals surface area contributed by atoms with Gasteiger partial charge in [-0.3, -0.25) is 4.79 Å². The summed E-state index contributed by atoms with van der Waals surface area (Å²) in [6.07, 6.45) is -1.66. The van der Waals surface area contributed by atoms with Gasteiger partial charge >= 0.3 is 6.18 Å². The molecule has 0 aromatic rings. The van der Waals surface area contributed by atoms with Crippen molar-refractivity contribution in [2.24, 2.45) is 5.92 Å². The van der Waals surface area contributed by atoms with E-state index in [0.717, 1.165) is 12.8 Å². The van der Waals surface area contributed by atoms with Crippen molar-refractivity contribution < 1.29 is 18.0 Å². The molecule has 1 saturated carbocycles. The Balaban J connectivity index is 2.15. The molecule has 0 bridgehead atoms. The lowest BCUT2D eigenvalue weighted by Crippen LogP contribution is -2.27. The first kappa shape index (κ1) is 13.5. The average molecular weight is 237 g/mol. The highest BCUT2D eigenvalue weighted by atomic mass is 19.4. The average Bonchev–Trinajstić information content (AvgIpc) is 2.57. The molecule has 1 unspecified atom stereocenters. The molecule has 0 radical (unpaired) electrons. The van der Waals surface area contributed by atoms with Gasteiger partial charge in [0.2, 0.25) is 0 Å². The maximum Gasteiger partial charge on any atom is 0.390 e. The predicted molar refractivity (Wildman–Crippen MR) is 55.1 cm³/mol. The number of hydrogen-bond acceptors (Lipinski definition) is 2. The number of carbonyl (C=O) groups is 1. The number of rotatable bonds is 5. The summed E-state index contributed by atoms with van der Waals surface area (Å²) in [7, 11) is 1.67. The van der Waals surface area contributed by atoms with Crippen LogP contribution in [0.15, 0.2) is 0 Å². The van der Waals surface area contributed by atoms with Crippen LogP contribution in [0.25, 0.3) is 0 Å². The molecule has 0 heterocycles. The number of alkyl halides is 3. The van der Waals surface area contributed by atoms with Crippen molar-refractivity contribution in [3.05, 3.63) is 0 Å². The van der Waals surface area contributed by atoms with Crippen LogP contribution in [-0.4, -0.2) is 37.0 Å². The van der Waals surface area contributed by atoms with Crippen molar-refractivity contribution in [1.29, 1.82) is 0 Å². The fraction of sp³-hybridized carbons (Fsp3) is 0.909. The lowest BCUT2D eigenvalue weighted by Gasteiger charge is -2.19. The van der Waals surface area contributed by atoms with Crippen LogP contribution < -0.4 is 0 Å². The second-order valence-electron chi connectivity index (χ2n) is 4.51. The molecule has 1 atom stereocenters. The van der Waals surface area contributed by atoms with Crippen LogP contribution in [0.5, 0.6) is 0 Å². The van der Waals surface area contributed by atoms with E-state index in [2.05, 4.69) is 0 Å². The molecule has 0 saturated heterocycles. The van der Waals surface area contributed by atoms with Gasteiger partial charge in [0.25, 0.3) is 0 Å². The van der Waals surface area contributed by atoms with Gasteiger partial charge in [-0.2, -0.15) is 13.2 Å². The number of carbonyl (C=O) groups excluding carboxylic acids is 1. The second kappa shape index (κ2) is 5.66. The Morgan fingerprint density at radius 1 is 1.38 bits per heavy atom. The molecule has 0 spiro atoms. The van der Waals surface area contributed by atoms with E-state index < -0.39 is 12.6 Å². The molecule has 1 rings (SSSR count). The van der Waals surface area contributed by atoms with Crippen LogP contribution >= 0.6 is 0 Å². The summed E-state index contributed by atoms with van der Waals surface area (Å²) in [4.78, 5) is 13.0. The Morgan fingerprint density at radius 2 is 2.06 bits per heavy atom. The zero-order valence-corrected chi connectivity index (χ0v) is 9.52. The van der Waals surface area contributed by atoms with Crippen LogP contribution in [0, 0.1) is 5.92 Å². The Bertz CT molecular complexity index is 240.